The van der Waals surface area contributed by atoms with Crippen molar-refractivity contribution in [2.75, 3.05) is 5.73 Å². The SMILES string of the molecule is Cl.Nc1nc2ccccc2c2sc(Cc3ccccc3)nc12. The Bertz CT molecular complexity index is 935. The minimum Gasteiger partial charge on any atom is -0.382 e. The number of rotatable bonds is 2. The second-order valence-corrected chi connectivity index (χ2v) is 6.05. The van der Waals surface area contributed by atoms with E-state index in [4.69, 9.17) is 5.73 Å². The minimum atomic E-state index is 0. The van der Waals surface area contributed by atoms with Gasteiger partial charge in [-0.2, -0.15) is 0 Å². The summed E-state index contributed by atoms with van der Waals surface area (Å²) in [6.07, 6.45) is 0.827. The average molecular weight is 328 g/mol. The first-order valence-corrected chi connectivity index (χ1v) is 7.60. The number of nitrogens with two attached hydrogens (primary N) is 1. The van der Waals surface area contributed by atoms with Gasteiger partial charge in [0.05, 0.1) is 15.2 Å². The van der Waals surface area contributed by atoms with Crippen molar-refractivity contribution in [1.82, 2.24) is 9.97 Å². The number of hydrogen-bond donors (Lipinski definition) is 1. The zero-order valence-electron chi connectivity index (χ0n) is 11.7. The van der Waals surface area contributed by atoms with Crippen LogP contribution in [0.15, 0.2) is 54.6 Å². The molecule has 0 bridgehead atoms. The summed E-state index contributed by atoms with van der Waals surface area (Å²) in [7, 11) is 0. The van der Waals surface area contributed by atoms with Crippen molar-refractivity contribution in [1.29, 1.82) is 0 Å². The van der Waals surface area contributed by atoms with Crippen LogP contribution in [-0.4, -0.2) is 9.97 Å². The Labute approximate surface area is 138 Å². The molecule has 0 fully saturated rings. The number of hydrogen-bond acceptors (Lipinski definition) is 4. The van der Waals surface area contributed by atoms with Gasteiger partial charge in [-0.3, -0.25) is 0 Å². The molecule has 0 amide bonds. The van der Waals surface area contributed by atoms with E-state index >= 15 is 0 Å². The van der Waals surface area contributed by atoms with Gasteiger partial charge in [0.15, 0.2) is 5.82 Å². The predicted octanol–water partition coefficient (Wildman–Crippen LogP) is 4.44. The number of para-hydroxylation sites is 1. The van der Waals surface area contributed by atoms with Crippen molar-refractivity contribution in [3.63, 3.8) is 0 Å². The van der Waals surface area contributed by atoms with Gasteiger partial charge in [-0.25, -0.2) is 9.97 Å². The second kappa shape index (κ2) is 5.91. The molecule has 110 valence electrons. The molecule has 0 aliphatic heterocycles. The normalized spacial score (nSPS) is 10.7. The molecule has 0 aliphatic carbocycles. The van der Waals surface area contributed by atoms with Crippen molar-refractivity contribution in [2.45, 2.75) is 6.42 Å². The standard InChI is InChI=1S/C17H13N3S.ClH/c18-17-15-16(12-8-4-5-9-13(12)19-17)21-14(20-15)10-11-6-2-1-3-7-11;/h1-9H,10H2,(H2,18,19);1H. The minimum absolute atomic E-state index is 0. The van der Waals surface area contributed by atoms with Crippen LogP contribution in [0.5, 0.6) is 0 Å². The number of benzene rings is 2. The second-order valence-electron chi connectivity index (χ2n) is 4.96. The molecule has 3 nitrogen and oxygen atoms in total. The monoisotopic (exact) mass is 327 g/mol. The van der Waals surface area contributed by atoms with Gasteiger partial charge in [0.1, 0.15) is 5.52 Å². The van der Waals surface area contributed by atoms with Gasteiger partial charge in [-0.1, -0.05) is 48.5 Å². The Hall–Kier alpha value is -2.17. The van der Waals surface area contributed by atoms with Gasteiger partial charge in [-0.15, -0.1) is 23.7 Å². The molecule has 0 saturated carbocycles. The van der Waals surface area contributed by atoms with Crippen LogP contribution in [0.25, 0.3) is 21.1 Å². The highest BCUT2D eigenvalue weighted by Crippen LogP contribution is 2.33. The van der Waals surface area contributed by atoms with E-state index in [9.17, 15) is 0 Å². The van der Waals surface area contributed by atoms with Crippen LogP contribution in [0.3, 0.4) is 0 Å². The molecule has 0 saturated heterocycles. The van der Waals surface area contributed by atoms with E-state index in [0.717, 1.165) is 32.5 Å². The average Bonchev–Trinajstić information content (AvgIpc) is 2.93. The molecule has 4 rings (SSSR count). The summed E-state index contributed by atoms with van der Waals surface area (Å²) in [5.41, 5.74) is 9.07. The van der Waals surface area contributed by atoms with Crippen LogP contribution >= 0.6 is 23.7 Å². The molecular weight excluding hydrogens is 314 g/mol. The Kier molecular flexibility index (Phi) is 3.96. The molecule has 0 unspecified atom stereocenters. The molecule has 0 atom stereocenters. The Morgan fingerprint density at radius 2 is 1.64 bits per heavy atom. The summed E-state index contributed by atoms with van der Waals surface area (Å²) in [6, 6.07) is 18.4. The number of fused-ring (bicyclic) bond motifs is 3. The summed E-state index contributed by atoms with van der Waals surface area (Å²) < 4.78 is 1.13. The first-order chi connectivity index (χ1) is 10.3. The summed E-state index contributed by atoms with van der Waals surface area (Å²) in [6.45, 7) is 0. The lowest BCUT2D eigenvalue weighted by molar-refractivity contribution is 1.15. The highest BCUT2D eigenvalue weighted by molar-refractivity contribution is 7.19. The summed E-state index contributed by atoms with van der Waals surface area (Å²) in [4.78, 5) is 9.13. The van der Waals surface area contributed by atoms with Crippen LogP contribution in [0, 0.1) is 0 Å². The van der Waals surface area contributed by atoms with Crippen LogP contribution < -0.4 is 5.73 Å². The van der Waals surface area contributed by atoms with Gasteiger partial charge in [0.25, 0.3) is 0 Å². The first-order valence-electron chi connectivity index (χ1n) is 6.79. The smallest absolute Gasteiger partial charge is 0.151 e. The molecule has 2 aromatic heterocycles. The lowest BCUT2D eigenvalue weighted by Crippen LogP contribution is -1.93. The third-order valence-electron chi connectivity index (χ3n) is 3.50. The zero-order chi connectivity index (χ0) is 14.2. The number of aromatic nitrogens is 2. The van der Waals surface area contributed by atoms with E-state index in [1.165, 1.54) is 5.56 Å². The predicted molar refractivity (Wildman–Crippen MR) is 95.8 cm³/mol. The lowest BCUT2D eigenvalue weighted by atomic mass is 10.2. The fraction of sp³-hybridized carbons (Fsp3) is 0.0588. The van der Waals surface area contributed by atoms with Gasteiger partial charge >= 0.3 is 0 Å². The first kappa shape index (κ1) is 14.8. The number of nitrogen functional groups attached to an aromatic ring is 1. The number of pyridine rings is 1. The highest BCUT2D eigenvalue weighted by Gasteiger charge is 2.12. The molecule has 0 radical (unpaired) electrons. The Morgan fingerprint density at radius 1 is 0.909 bits per heavy atom. The van der Waals surface area contributed by atoms with E-state index < -0.39 is 0 Å². The number of anilines is 1. The third kappa shape index (κ3) is 2.51. The lowest BCUT2D eigenvalue weighted by Gasteiger charge is -1.99. The fourth-order valence-corrected chi connectivity index (χ4v) is 3.65. The molecule has 2 heterocycles. The molecular formula is C17H14ClN3S. The zero-order valence-corrected chi connectivity index (χ0v) is 13.3. The summed E-state index contributed by atoms with van der Waals surface area (Å²) in [5, 5.41) is 2.19. The van der Waals surface area contributed by atoms with E-state index in [-0.39, 0.29) is 12.4 Å². The van der Waals surface area contributed by atoms with Crippen LogP contribution in [0.1, 0.15) is 10.6 Å². The number of nitrogens with zero attached hydrogens (tertiary/aromatic N) is 2. The van der Waals surface area contributed by atoms with Crippen LogP contribution in [0.4, 0.5) is 5.82 Å². The maximum Gasteiger partial charge on any atom is 0.151 e. The number of thiazole rings is 1. The third-order valence-corrected chi connectivity index (χ3v) is 4.59. The van der Waals surface area contributed by atoms with Gasteiger partial charge in [-0.05, 0) is 11.6 Å². The van der Waals surface area contributed by atoms with Gasteiger partial charge in [0, 0.05) is 11.8 Å². The quantitative estimate of drug-likeness (QED) is 0.592. The topological polar surface area (TPSA) is 51.8 Å². The summed E-state index contributed by atoms with van der Waals surface area (Å²) >= 11 is 1.70. The fourth-order valence-electron chi connectivity index (χ4n) is 2.51. The summed E-state index contributed by atoms with van der Waals surface area (Å²) in [5.74, 6) is 0.513. The van der Waals surface area contributed by atoms with E-state index in [2.05, 4.69) is 28.2 Å². The highest BCUT2D eigenvalue weighted by atomic mass is 35.5. The number of halogens is 1. The molecule has 4 aromatic rings. The van der Waals surface area contributed by atoms with Crippen molar-refractivity contribution in [3.8, 4) is 0 Å². The molecule has 2 aromatic carbocycles. The molecule has 0 aliphatic rings. The molecule has 5 heteroatoms. The molecule has 2 N–H and O–H groups in total. The van der Waals surface area contributed by atoms with Crippen LogP contribution in [0.2, 0.25) is 0 Å². The largest absolute Gasteiger partial charge is 0.382 e. The maximum atomic E-state index is 6.06. The van der Waals surface area contributed by atoms with Crippen LogP contribution in [-0.2, 0) is 6.42 Å². The Balaban J connectivity index is 0.00000144. The van der Waals surface area contributed by atoms with E-state index in [1.807, 2.05) is 36.4 Å². The van der Waals surface area contributed by atoms with Crippen molar-refractivity contribution >= 4 is 50.7 Å². The van der Waals surface area contributed by atoms with E-state index in [1.54, 1.807) is 11.3 Å². The van der Waals surface area contributed by atoms with Gasteiger partial charge in [0.2, 0.25) is 0 Å². The molecule has 0 spiro atoms. The van der Waals surface area contributed by atoms with E-state index in [0.29, 0.717) is 5.82 Å². The van der Waals surface area contributed by atoms with Crippen molar-refractivity contribution in [2.24, 2.45) is 0 Å². The maximum absolute atomic E-state index is 6.06. The van der Waals surface area contributed by atoms with Gasteiger partial charge < -0.3 is 5.73 Å². The van der Waals surface area contributed by atoms with Crippen molar-refractivity contribution in [3.05, 3.63) is 65.2 Å². The molecule has 22 heavy (non-hydrogen) atoms. The van der Waals surface area contributed by atoms with Crippen molar-refractivity contribution < 1.29 is 0 Å². The Morgan fingerprint density at radius 3 is 2.45 bits per heavy atom.